The van der Waals surface area contributed by atoms with Gasteiger partial charge in [-0.25, -0.2) is 4.39 Å². The summed E-state index contributed by atoms with van der Waals surface area (Å²) in [4.78, 5) is 0. The molecule has 0 amide bonds. The van der Waals surface area contributed by atoms with Crippen molar-refractivity contribution < 1.29 is 13.9 Å². The minimum Gasteiger partial charge on any atom is -0.493 e. The molecule has 2 aromatic carbocycles. The van der Waals surface area contributed by atoms with Crippen LogP contribution in [0.5, 0.6) is 11.5 Å². The summed E-state index contributed by atoms with van der Waals surface area (Å²) in [6.45, 7) is 0.232. The highest BCUT2D eigenvalue weighted by molar-refractivity contribution is 5.82. The summed E-state index contributed by atoms with van der Waals surface area (Å²) in [5.74, 6) is 0.637. The first-order chi connectivity index (χ1) is 11.1. The maximum atomic E-state index is 13.1. The zero-order valence-corrected chi connectivity index (χ0v) is 12.6. The first-order valence-corrected chi connectivity index (χ1v) is 6.75. The molecule has 2 rings (SSSR count). The van der Waals surface area contributed by atoms with Gasteiger partial charge in [0.25, 0.3) is 0 Å². The van der Waals surface area contributed by atoms with E-state index in [9.17, 15) is 4.39 Å². The van der Waals surface area contributed by atoms with Crippen LogP contribution in [0.15, 0.2) is 52.7 Å². The molecular formula is C16H17FN4O2. The molecule has 2 aromatic rings. The largest absolute Gasteiger partial charge is 0.493 e. The number of nitrogens with zero attached hydrogens (tertiary/aromatic N) is 2. The molecule has 0 aliphatic carbocycles. The molecule has 0 aromatic heterocycles. The number of ether oxygens (including phenoxy) is 2. The Morgan fingerprint density at radius 2 is 2.00 bits per heavy atom. The van der Waals surface area contributed by atoms with Crippen LogP contribution in [0.3, 0.4) is 0 Å². The van der Waals surface area contributed by atoms with Crippen LogP contribution in [0, 0.1) is 5.82 Å². The number of benzene rings is 2. The van der Waals surface area contributed by atoms with Crippen molar-refractivity contribution in [2.24, 2.45) is 21.7 Å². The summed E-state index contributed by atoms with van der Waals surface area (Å²) >= 11 is 0. The average molecular weight is 316 g/mol. The molecule has 0 saturated carbocycles. The van der Waals surface area contributed by atoms with E-state index in [-0.39, 0.29) is 18.4 Å². The lowest BCUT2D eigenvalue weighted by Crippen LogP contribution is -2.21. The molecule has 0 atom stereocenters. The van der Waals surface area contributed by atoms with Crippen molar-refractivity contribution in [3.05, 3.63) is 59.4 Å². The van der Waals surface area contributed by atoms with Crippen LogP contribution in [0.4, 0.5) is 4.39 Å². The van der Waals surface area contributed by atoms with E-state index in [4.69, 9.17) is 20.9 Å². The van der Waals surface area contributed by atoms with Crippen LogP contribution in [-0.4, -0.2) is 19.3 Å². The molecule has 0 fully saturated rings. The lowest BCUT2D eigenvalue weighted by Gasteiger charge is -2.11. The summed E-state index contributed by atoms with van der Waals surface area (Å²) < 4.78 is 24.1. The number of nitrogens with two attached hydrogens (primary N) is 2. The van der Waals surface area contributed by atoms with Gasteiger partial charge in [0.15, 0.2) is 11.5 Å². The molecular weight excluding hydrogens is 299 g/mol. The SMILES string of the molecule is COc1cc(C=NN=C(N)N)ccc1OCc1cccc(F)c1. The van der Waals surface area contributed by atoms with Crippen LogP contribution >= 0.6 is 0 Å². The van der Waals surface area contributed by atoms with E-state index in [1.165, 1.54) is 25.5 Å². The van der Waals surface area contributed by atoms with Crippen LogP contribution < -0.4 is 20.9 Å². The predicted octanol–water partition coefficient (Wildman–Crippen LogP) is 2.02. The molecule has 7 heteroatoms. The highest BCUT2D eigenvalue weighted by Gasteiger charge is 2.06. The van der Waals surface area contributed by atoms with E-state index in [1.54, 1.807) is 30.3 Å². The zero-order valence-electron chi connectivity index (χ0n) is 12.6. The van der Waals surface area contributed by atoms with Crippen molar-refractivity contribution in [3.8, 4) is 11.5 Å². The Morgan fingerprint density at radius 1 is 1.17 bits per heavy atom. The van der Waals surface area contributed by atoms with Crippen molar-refractivity contribution in [2.75, 3.05) is 7.11 Å². The lowest BCUT2D eigenvalue weighted by molar-refractivity contribution is 0.284. The molecule has 23 heavy (non-hydrogen) atoms. The Kier molecular flexibility index (Phi) is 5.51. The third kappa shape index (κ3) is 4.99. The van der Waals surface area contributed by atoms with Crippen LogP contribution in [-0.2, 0) is 6.61 Å². The fourth-order valence-corrected chi connectivity index (χ4v) is 1.83. The minimum absolute atomic E-state index is 0.122. The highest BCUT2D eigenvalue weighted by atomic mass is 19.1. The minimum atomic E-state index is -0.302. The van der Waals surface area contributed by atoms with Crippen molar-refractivity contribution >= 4 is 12.2 Å². The molecule has 4 N–H and O–H groups in total. The summed E-state index contributed by atoms with van der Waals surface area (Å²) in [7, 11) is 1.53. The van der Waals surface area contributed by atoms with Gasteiger partial charge in [-0.1, -0.05) is 12.1 Å². The maximum Gasteiger partial charge on any atom is 0.211 e. The molecule has 0 unspecified atom stereocenters. The molecule has 120 valence electrons. The Balaban J connectivity index is 2.10. The van der Waals surface area contributed by atoms with Gasteiger partial charge in [0, 0.05) is 0 Å². The second-order valence-electron chi connectivity index (χ2n) is 4.60. The summed E-state index contributed by atoms with van der Waals surface area (Å²) in [6, 6.07) is 11.5. The number of methoxy groups -OCH3 is 1. The third-order valence-electron chi connectivity index (χ3n) is 2.85. The van der Waals surface area contributed by atoms with E-state index in [1.807, 2.05) is 0 Å². The van der Waals surface area contributed by atoms with E-state index in [0.29, 0.717) is 11.5 Å². The first-order valence-electron chi connectivity index (χ1n) is 6.75. The standard InChI is InChI=1S/C16H17FN4O2/c1-22-15-8-11(9-20-21-16(18)19)5-6-14(15)23-10-12-3-2-4-13(17)7-12/h2-9H,10H2,1H3,(H4,18,19,21). The first kappa shape index (κ1) is 16.3. The van der Waals surface area contributed by atoms with Crippen molar-refractivity contribution in [1.29, 1.82) is 0 Å². The number of hydrogen-bond donors (Lipinski definition) is 2. The topological polar surface area (TPSA) is 95.2 Å². The van der Waals surface area contributed by atoms with Gasteiger partial charge in [0.2, 0.25) is 5.96 Å². The molecule has 0 bridgehead atoms. The second-order valence-corrected chi connectivity index (χ2v) is 4.60. The van der Waals surface area contributed by atoms with E-state index < -0.39 is 0 Å². The van der Waals surface area contributed by atoms with Crippen molar-refractivity contribution in [1.82, 2.24) is 0 Å². The van der Waals surface area contributed by atoms with E-state index in [0.717, 1.165) is 11.1 Å². The lowest BCUT2D eigenvalue weighted by atomic mass is 10.2. The molecule has 0 heterocycles. The summed E-state index contributed by atoms with van der Waals surface area (Å²) in [5.41, 5.74) is 11.8. The van der Waals surface area contributed by atoms with Gasteiger partial charge in [-0.3, -0.25) is 0 Å². The number of rotatable bonds is 6. The van der Waals surface area contributed by atoms with E-state index >= 15 is 0 Å². The van der Waals surface area contributed by atoms with Gasteiger partial charge >= 0.3 is 0 Å². The normalized spacial score (nSPS) is 10.5. The van der Waals surface area contributed by atoms with E-state index in [2.05, 4.69) is 10.2 Å². The quantitative estimate of drug-likeness (QED) is 0.484. The molecule has 0 aliphatic heterocycles. The van der Waals surface area contributed by atoms with Crippen molar-refractivity contribution in [2.45, 2.75) is 6.61 Å². The van der Waals surface area contributed by atoms with Crippen molar-refractivity contribution in [3.63, 3.8) is 0 Å². The Hall–Kier alpha value is -3.09. The van der Waals surface area contributed by atoms with Gasteiger partial charge in [-0.15, -0.1) is 5.10 Å². The van der Waals surface area contributed by atoms with Crippen LogP contribution in [0.25, 0.3) is 0 Å². The van der Waals surface area contributed by atoms with Gasteiger partial charge in [-0.05, 0) is 41.5 Å². The van der Waals surface area contributed by atoms with Gasteiger partial charge in [-0.2, -0.15) is 5.10 Å². The second kappa shape index (κ2) is 7.79. The smallest absolute Gasteiger partial charge is 0.211 e. The fourth-order valence-electron chi connectivity index (χ4n) is 1.83. The molecule has 6 nitrogen and oxygen atoms in total. The number of guanidine groups is 1. The fraction of sp³-hybridized carbons (Fsp3) is 0.125. The van der Waals surface area contributed by atoms with Gasteiger partial charge < -0.3 is 20.9 Å². The van der Waals surface area contributed by atoms with Gasteiger partial charge in [0.1, 0.15) is 12.4 Å². The average Bonchev–Trinajstić information content (AvgIpc) is 2.53. The Labute approximate surface area is 133 Å². The zero-order chi connectivity index (χ0) is 16.7. The third-order valence-corrected chi connectivity index (χ3v) is 2.85. The monoisotopic (exact) mass is 316 g/mol. The summed E-state index contributed by atoms with van der Waals surface area (Å²) in [5, 5.41) is 7.24. The van der Waals surface area contributed by atoms with Crippen LogP contribution in [0.1, 0.15) is 11.1 Å². The Morgan fingerprint density at radius 3 is 2.70 bits per heavy atom. The summed E-state index contributed by atoms with van der Waals surface area (Å²) in [6.07, 6.45) is 1.48. The molecule has 0 spiro atoms. The maximum absolute atomic E-state index is 13.1. The van der Waals surface area contributed by atoms with Crippen LogP contribution in [0.2, 0.25) is 0 Å². The number of hydrogen-bond acceptors (Lipinski definition) is 4. The molecule has 0 radical (unpaired) electrons. The number of halogens is 1. The highest BCUT2D eigenvalue weighted by Crippen LogP contribution is 2.28. The Bertz CT molecular complexity index is 728. The predicted molar refractivity (Wildman–Crippen MR) is 87.1 cm³/mol. The molecule has 0 saturated heterocycles. The molecule has 0 aliphatic rings. The van der Waals surface area contributed by atoms with Gasteiger partial charge in [0.05, 0.1) is 13.3 Å².